The molecule has 0 amide bonds. The maximum Gasteiger partial charge on any atom is 0.184 e. The summed E-state index contributed by atoms with van der Waals surface area (Å²) in [7, 11) is 3.91. The van der Waals surface area contributed by atoms with Crippen molar-refractivity contribution in [2.24, 2.45) is 18.9 Å². The third-order valence-corrected chi connectivity index (χ3v) is 4.84. The number of ketones is 1. The van der Waals surface area contributed by atoms with Crippen LogP contribution in [-0.2, 0) is 7.05 Å². The molecule has 0 aliphatic carbocycles. The fraction of sp³-hybridized carbons (Fsp3) is 0.632. The Labute approximate surface area is 149 Å². The van der Waals surface area contributed by atoms with E-state index in [2.05, 4.69) is 29.2 Å². The zero-order chi connectivity index (χ0) is 18.0. The molecule has 2 aromatic heterocycles. The van der Waals surface area contributed by atoms with Gasteiger partial charge in [0.2, 0.25) is 0 Å². The number of nitrogens with zero attached hydrogens (tertiary/aromatic N) is 4. The molecule has 136 valence electrons. The highest BCUT2D eigenvalue weighted by atomic mass is 16.1. The summed E-state index contributed by atoms with van der Waals surface area (Å²) in [5.41, 5.74) is 1.34. The summed E-state index contributed by atoms with van der Waals surface area (Å²) < 4.78 is 1.73. The van der Waals surface area contributed by atoms with Crippen molar-refractivity contribution in [1.82, 2.24) is 20.1 Å². The molecule has 1 atom stereocenters. The second-order valence-electron chi connectivity index (χ2n) is 7.63. The van der Waals surface area contributed by atoms with Gasteiger partial charge in [-0.2, -0.15) is 5.10 Å². The summed E-state index contributed by atoms with van der Waals surface area (Å²) in [5, 5.41) is 8.72. The van der Waals surface area contributed by atoms with Crippen molar-refractivity contribution in [1.29, 1.82) is 0 Å². The molecule has 1 N–H and O–H groups in total. The van der Waals surface area contributed by atoms with Crippen LogP contribution in [0.1, 0.15) is 43.6 Å². The minimum Gasteiger partial charge on any atom is -0.359 e. The predicted molar refractivity (Wildman–Crippen MR) is 101 cm³/mol. The number of fused-ring (bicyclic) bond motifs is 1. The van der Waals surface area contributed by atoms with Crippen molar-refractivity contribution in [3.8, 4) is 0 Å². The van der Waals surface area contributed by atoms with Gasteiger partial charge in [-0.15, -0.1) is 0 Å². The highest BCUT2D eigenvalue weighted by molar-refractivity contribution is 6.05. The summed E-state index contributed by atoms with van der Waals surface area (Å²) in [5.74, 6) is 2.03. The van der Waals surface area contributed by atoms with E-state index in [4.69, 9.17) is 4.98 Å². The first-order valence-electron chi connectivity index (χ1n) is 9.24. The Hall–Kier alpha value is -1.95. The summed E-state index contributed by atoms with van der Waals surface area (Å²) in [6.07, 6.45) is 2.83. The Morgan fingerprint density at radius 2 is 2.24 bits per heavy atom. The van der Waals surface area contributed by atoms with Crippen LogP contribution in [0.2, 0.25) is 0 Å². The molecule has 1 fully saturated rings. The molecule has 0 radical (unpaired) electrons. The number of hydrogen-bond donors (Lipinski definition) is 1. The monoisotopic (exact) mass is 343 g/mol. The van der Waals surface area contributed by atoms with E-state index < -0.39 is 0 Å². The number of Topliss-reactive ketones (excluding diaryl/α,β-unsaturated/α-hetero) is 1. The largest absolute Gasteiger partial charge is 0.359 e. The molecule has 0 saturated carbocycles. The minimum atomic E-state index is 0.129. The second kappa shape index (κ2) is 7.52. The minimum absolute atomic E-state index is 0.129. The van der Waals surface area contributed by atoms with E-state index in [0.717, 1.165) is 49.3 Å². The highest BCUT2D eigenvalue weighted by Crippen LogP contribution is 2.24. The summed E-state index contributed by atoms with van der Waals surface area (Å²) in [4.78, 5) is 19.6. The predicted octanol–water partition coefficient (Wildman–Crippen LogP) is 2.63. The fourth-order valence-electron chi connectivity index (χ4n) is 3.64. The molecule has 2 aromatic rings. The summed E-state index contributed by atoms with van der Waals surface area (Å²) in [6.45, 7) is 7.31. The molecule has 0 aromatic carbocycles. The number of piperidine rings is 1. The Kier molecular flexibility index (Phi) is 5.37. The van der Waals surface area contributed by atoms with Gasteiger partial charge in [-0.3, -0.25) is 4.79 Å². The maximum absolute atomic E-state index is 12.8. The van der Waals surface area contributed by atoms with Crippen LogP contribution >= 0.6 is 0 Å². The summed E-state index contributed by atoms with van der Waals surface area (Å²) in [6, 6.07) is 3.99. The van der Waals surface area contributed by atoms with Crippen molar-refractivity contribution < 1.29 is 4.79 Å². The van der Waals surface area contributed by atoms with Gasteiger partial charge in [-0.1, -0.05) is 13.8 Å². The average Bonchev–Trinajstić information content (AvgIpc) is 2.92. The van der Waals surface area contributed by atoms with E-state index >= 15 is 0 Å². The molecule has 3 heterocycles. The lowest BCUT2D eigenvalue weighted by Crippen LogP contribution is -2.31. The van der Waals surface area contributed by atoms with Gasteiger partial charge in [0, 0.05) is 27.1 Å². The Morgan fingerprint density at radius 1 is 1.44 bits per heavy atom. The molecular weight excluding hydrogens is 314 g/mol. The standard InChI is InChI=1S/C19H29N5O/c1-13(2)12-23(3)17-8-7-15-18(22-24(4)19(15)21-17)16(25)10-14-6-5-9-20-11-14/h7-8,13-14,20H,5-6,9-12H2,1-4H3. The lowest BCUT2D eigenvalue weighted by atomic mass is 9.93. The van der Waals surface area contributed by atoms with Gasteiger partial charge in [0.1, 0.15) is 11.5 Å². The maximum atomic E-state index is 12.8. The van der Waals surface area contributed by atoms with Crippen molar-refractivity contribution >= 4 is 22.6 Å². The molecule has 1 aliphatic rings. The molecular formula is C19H29N5O. The fourth-order valence-corrected chi connectivity index (χ4v) is 3.64. The van der Waals surface area contributed by atoms with Gasteiger partial charge in [0.05, 0.1) is 5.39 Å². The van der Waals surface area contributed by atoms with Gasteiger partial charge in [0.15, 0.2) is 11.4 Å². The third kappa shape index (κ3) is 4.00. The van der Waals surface area contributed by atoms with Crippen LogP contribution in [0.4, 0.5) is 5.82 Å². The quantitative estimate of drug-likeness (QED) is 0.817. The molecule has 3 rings (SSSR count). The smallest absolute Gasteiger partial charge is 0.184 e. The Bertz CT molecular complexity index is 746. The number of nitrogens with one attached hydrogen (secondary N) is 1. The first kappa shape index (κ1) is 17.9. The topological polar surface area (TPSA) is 63.1 Å². The van der Waals surface area contributed by atoms with Gasteiger partial charge in [-0.05, 0) is 49.9 Å². The number of carbonyl (C=O) groups excluding carboxylic acids is 1. The van der Waals surface area contributed by atoms with Crippen molar-refractivity contribution in [3.05, 3.63) is 17.8 Å². The highest BCUT2D eigenvalue weighted by Gasteiger charge is 2.22. The normalized spacial score (nSPS) is 18.0. The van der Waals surface area contributed by atoms with Gasteiger partial charge < -0.3 is 10.2 Å². The second-order valence-corrected chi connectivity index (χ2v) is 7.63. The number of hydrogen-bond acceptors (Lipinski definition) is 5. The molecule has 1 saturated heterocycles. The summed E-state index contributed by atoms with van der Waals surface area (Å²) >= 11 is 0. The van der Waals surface area contributed by atoms with Crippen LogP contribution < -0.4 is 10.2 Å². The third-order valence-electron chi connectivity index (χ3n) is 4.84. The van der Waals surface area contributed by atoms with Crippen molar-refractivity contribution in [2.75, 3.05) is 31.6 Å². The van der Waals surface area contributed by atoms with Crippen LogP contribution in [-0.4, -0.2) is 47.2 Å². The SMILES string of the molecule is CC(C)CN(C)c1ccc2c(C(=O)CC3CCCNC3)nn(C)c2n1. The van der Waals surface area contributed by atoms with E-state index in [1.54, 1.807) is 4.68 Å². The number of aryl methyl sites for hydroxylation is 1. The Morgan fingerprint density at radius 3 is 2.92 bits per heavy atom. The van der Waals surface area contributed by atoms with Crippen molar-refractivity contribution in [2.45, 2.75) is 33.1 Å². The van der Waals surface area contributed by atoms with E-state index in [-0.39, 0.29) is 5.78 Å². The van der Waals surface area contributed by atoms with Crippen LogP contribution in [0, 0.1) is 11.8 Å². The molecule has 1 unspecified atom stereocenters. The van der Waals surface area contributed by atoms with Gasteiger partial charge in [0.25, 0.3) is 0 Å². The van der Waals surface area contributed by atoms with Crippen LogP contribution in [0.15, 0.2) is 12.1 Å². The van der Waals surface area contributed by atoms with E-state index in [1.165, 1.54) is 0 Å². The molecule has 6 heteroatoms. The van der Waals surface area contributed by atoms with E-state index in [1.807, 2.05) is 26.2 Å². The lowest BCUT2D eigenvalue weighted by Gasteiger charge is -2.21. The first-order chi connectivity index (χ1) is 12.0. The Balaban J connectivity index is 1.83. The zero-order valence-electron chi connectivity index (χ0n) is 15.7. The number of rotatable bonds is 6. The number of anilines is 1. The molecule has 6 nitrogen and oxygen atoms in total. The number of aromatic nitrogens is 3. The van der Waals surface area contributed by atoms with Gasteiger partial charge >= 0.3 is 0 Å². The van der Waals surface area contributed by atoms with E-state index in [9.17, 15) is 4.79 Å². The van der Waals surface area contributed by atoms with Crippen molar-refractivity contribution in [3.63, 3.8) is 0 Å². The molecule has 1 aliphatic heterocycles. The first-order valence-corrected chi connectivity index (χ1v) is 9.24. The molecule has 0 bridgehead atoms. The van der Waals surface area contributed by atoms with E-state index in [0.29, 0.717) is 24.0 Å². The van der Waals surface area contributed by atoms with Crippen LogP contribution in [0.3, 0.4) is 0 Å². The van der Waals surface area contributed by atoms with Crippen LogP contribution in [0.5, 0.6) is 0 Å². The number of pyridine rings is 1. The number of carbonyl (C=O) groups is 1. The van der Waals surface area contributed by atoms with Crippen LogP contribution in [0.25, 0.3) is 11.0 Å². The average molecular weight is 343 g/mol. The zero-order valence-corrected chi connectivity index (χ0v) is 15.7. The van der Waals surface area contributed by atoms with Gasteiger partial charge in [-0.25, -0.2) is 9.67 Å². The molecule has 25 heavy (non-hydrogen) atoms. The molecule has 0 spiro atoms. The lowest BCUT2D eigenvalue weighted by molar-refractivity contribution is 0.0949.